The van der Waals surface area contributed by atoms with Crippen molar-refractivity contribution < 1.29 is 14.6 Å². The monoisotopic (exact) mass is 473 g/mol. The molecule has 4 heterocycles. The SMILES string of the molecule is Cn1cc(-c2cccc(-c3ncc(-c4cnn(CC(=O)N5CCOC(CCO)C5)c4)cn3)c2)cn1. The number of amides is 1. The maximum absolute atomic E-state index is 12.7. The van der Waals surface area contributed by atoms with E-state index in [1.54, 1.807) is 32.9 Å². The lowest BCUT2D eigenvalue weighted by atomic mass is 10.1. The van der Waals surface area contributed by atoms with Crippen molar-refractivity contribution in [3.8, 4) is 33.6 Å². The molecule has 1 N–H and O–H groups in total. The van der Waals surface area contributed by atoms with Gasteiger partial charge in [-0.3, -0.25) is 14.2 Å². The van der Waals surface area contributed by atoms with E-state index in [4.69, 9.17) is 9.84 Å². The van der Waals surface area contributed by atoms with Crippen molar-refractivity contribution in [2.45, 2.75) is 19.1 Å². The van der Waals surface area contributed by atoms with Crippen LogP contribution in [0.2, 0.25) is 0 Å². The summed E-state index contributed by atoms with van der Waals surface area (Å²) in [6.45, 7) is 1.71. The maximum atomic E-state index is 12.7. The first kappa shape index (κ1) is 22.9. The van der Waals surface area contributed by atoms with Gasteiger partial charge in [-0.1, -0.05) is 18.2 Å². The summed E-state index contributed by atoms with van der Waals surface area (Å²) in [6.07, 6.45) is 11.3. The number of nitrogens with zero attached hydrogens (tertiary/aromatic N) is 7. The molecular formula is C25H27N7O3. The van der Waals surface area contributed by atoms with Crippen molar-refractivity contribution in [3.63, 3.8) is 0 Å². The highest BCUT2D eigenvalue weighted by molar-refractivity contribution is 5.76. The molecule has 10 heteroatoms. The predicted molar refractivity (Wildman–Crippen MR) is 129 cm³/mol. The molecule has 1 amide bonds. The van der Waals surface area contributed by atoms with Gasteiger partial charge in [-0.25, -0.2) is 9.97 Å². The van der Waals surface area contributed by atoms with Gasteiger partial charge >= 0.3 is 0 Å². The second-order valence-corrected chi connectivity index (χ2v) is 8.55. The van der Waals surface area contributed by atoms with Crippen molar-refractivity contribution >= 4 is 5.91 Å². The number of rotatable bonds is 7. The number of carbonyl (C=O) groups excluding carboxylic acids is 1. The molecule has 1 atom stereocenters. The molecule has 1 aromatic carbocycles. The number of aromatic nitrogens is 6. The highest BCUT2D eigenvalue weighted by Crippen LogP contribution is 2.25. The molecule has 180 valence electrons. The van der Waals surface area contributed by atoms with Crippen molar-refractivity contribution in [1.29, 1.82) is 0 Å². The number of hydrogen-bond acceptors (Lipinski definition) is 7. The van der Waals surface area contributed by atoms with Gasteiger partial charge in [0.25, 0.3) is 0 Å². The molecule has 5 rings (SSSR count). The van der Waals surface area contributed by atoms with Crippen LogP contribution in [0.15, 0.2) is 61.4 Å². The van der Waals surface area contributed by atoms with Crippen LogP contribution in [-0.2, 0) is 23.1 Å². The van der Waals surface area contributed by atoms with E-state index in [1.807, 2.05) is 49.9 Å². The average Bonchev–Trinajstić information content (AvgIpc) is 3.54. The molecule has 1 fully saturated rings. The lowest BCUT2D eigenvalue weighted by Gasteiger charge is -2.32. The Labute approximate surface area is 202 Å². The molecule has 10 nitrogen and oxygen atoms in total. The first-order valence-corrected chi connectivity index (χ1v) is 11.5. The molecule has 1 aliphatic rings. The Balaban J connectivity index is 1.25. The van der Waals surface area contributed by atoms with Crippen molar-refractivity contribution in [1.82, 2.24) is 34.4 Å². The summed E-state index contributed by atoms with van der Waals surface area (Å²) in [5, 5.41) is 17.7. The van der Waals surface area contributed by atoms with Crippen molar-refractivity contribution in [2.24, 2.45) is 7.05 Å². The van der Waals surface area contributed by atoms with Crippen LogP contribution in [0.3, 0.4) is 0 Å². The van der Waals surface area contributed by atoms with Crippen LogP contribution >= 0.6 is 0 Å². The number of hydrogen-bond donors (Lipinski definition) is 1. The number of aryl methyl sites for hydroxylation is 1. The zero-order chi connectivity index (χ0) is 24.2. The van der Waals surface area contributed by atoms with Crippen LogP contribution in [0, 0.1) is 0 Å². The predicted octanol–water partition coefficient (Wildman–Crippen LogP) is 2.02. The van der Waals surface area contributed by atoms with Gasteiger partial charge in [-0.15, -0.1) is 0 Å². The Kier molecular flexibility index (Phi) is 6.64. The normalized spacial score (nSPS) is 15.9. The van der Waals surface area contributed by atoms with Gasteiger partial charge in [-0.2, -0.15) is 10.2 Å². The molecule has 0 bridgehead atoms. The molecule has 1 unspecified atom stereocenters. The third kappa shape index (κ3) is 5.28. The van der Waals surface area contributed by atoms with Crippen molar-refractivity contribution in [3.05, 3.63) is 61.4 Å². The van der Waals surface area contributed by atoms with Crippen LogP contribution < -0.4 is 0 Å². The second kappa shape index (κ2) is 10.2. The van der Waals surface area contributed by atoms with Gasteiger partial charge < -0.3 is 14.7 Å². The number of aliphatic hydroxyl groups excluding tert-OH is 1. The topological polar surface area (TPSA) is 111 Å². The summed E-state index contributed by atoms with van der Waals surface area (Å²) in [5.74, 6) is 0.609. The summed E-state index contributed by atoms with van der Waals surface area (Å²) < 4.78 is 8.99. The molecule has 1 saturated heterocycles. The molecule has 0 spiro atoms. The molecule has 3 aromatic heterocycles. The van der Waals surface area contributed by atoms with E-state index in [9.17, 15) is 4.79 Å². The standard InChI is InChI=1S/C25H27N7O3/c1-30-14-21(12-28-30)18-3-2-4-19(9-18)25-26-10-20(11-27-25)22-13-29-32(15-22)17-24(34)31-6-8-35-23(16-31)5-7-33/h2-4,9-15,23,33H,5-8,16-17H2,1H3. The van der Waals surface area contributed by atoms with Crippen LogP contribution in [0.25, 0.3) is 33.6 Å². The fourth-order valence-corrected chi connectivity index (χ4v) is 4.14. The first-order valence-electron chi connectivity index (χ1n) is 11.5. The highest BCUT2D eigenvalue weighted by atomic mass is 16.5. The third-order valence-electron chi connectivity index (χ3n) is 6.02. The lowest BCUT2D eigenvalue weighted by molar-refractivity contribution is -0.140. The molecule has 1 aliphatic heterocycles. The number of aliphatic hydroxyl groups is 1. The number of morpholine rings is 1. The van der Waals surface area contributed by atoms with Crippen molar-refractivity contribution in [2.75, 3.05) is 26.3 Å². The number of carbonyl (C=O) groups is 1. The third-order valence-corrected chi connectivity index (χ3v) is 6.02. The fraction of sp³-hybridized carbons (Fsp3) is 0.320. The van der Waals surface area contributed by atoms with E-state index in [2.05, 4.69) is 20.2 Å². The molecule has 0 radical (unpaired) electrons. The Morgan fingerprint density at radius 2 is 1.80 bits per heavy atom. The maximum Gasteiger partial charge on any atom is 0.244 e. The Bertz CT molecular complexity index is 1300. The van der Waals surface area contributed by atoms with Gasteiger partial charge in [0.15, 0.2) is 5.82 Å². The average molecular weight is 474 g/mol. The van der Waals surface area contributed by atoms with Crippen LogP contribution in [0.4, 0.5) is 0 Å². The van der Waals surface area contributed by atoms with E-state index in [0.717, 1.165) is 27.8 Å². The van der Waals surface area contributed by atoms with Gasteiger partial charge in [0.2, 0.25) is 5.91 Å². The quantitative estimate of drug-likeness (QED) is 0.437. The Morgan fingerprint density at radius 1 is 1.03 bits per heavy atom. The number of benzene rings is 1. The van der Waals surface area contributed by atoms with E-state index >= 15 is 0 Å². The summed E-state index contributed by atoms with van der Waals surface area (Å²) in [6, 6.07) is 8.05. The van der Waals surface area contributed by atoms with Gasteiger partial charge in [-0.05, 0) is 18.1 Å². The minimum atomic E-state index is -0.119. The summed E-state index contributed by atoms with van der Waals surface area (Å²) in [4.78, 5) is 23.6. The Morgan fingerprint density at radius 3 is 2.57 bits per heavy atom. The van der Waals surface area contributed by atoms with E-state index < -0.39 is 0 Å². The largest absolute Gasteiger partial charge is 0.396 e. The smallest absolute Gasteiger partial charge is 0.244 e. The fourth-order valence-electron chi connectivity index (χ4n) is 4.14. The molecule has 35 heavy (non-hydrogen) atoms. The minimum Gasteiger partial charge on any atom is -0.396 e. The van der Waals surface area contributed by atoms with E-state index in [-0.39, 0.29) is 25.2 Å². The lowest BCUT2D eigenvalue weighted by Crippen LogP contribution is -2.47. The van der Waals surface area contributed by atoms with E-state index in [0.29, 0.717) is 31.9 Å². The molecular weight excluding hydrogens is 446 g/mol. The number of ether oxygens (including phenoxy) is 1. The molecule has 0 aliphatic carbocycles. The highest BCUT2D eigenvalue weighted by Gasteiger charge is 2.24. The summed E-state index contributed by atoms with van der Waals surface area (Å²) in [7, 11) is 1.89. The summed E-state index contributed by atoms with van der Waals surface area (Å²) >= 11 is 0. The zero-order valence-corrected chi connectivity index (χ0v) is 19.5. The second-order valence-electron chi connectivity index (χ2n) is 8.55. The molecule has 4 aromatic rings. The zero-order valence-electron chi connectivity index (χ0n) is 19.5. The van der Waals surface area contributed by atoms with Gasteiger partial charge in [0, 0.05) is 73.8 Å². The minimum absolute atomic E-state index is 0.0222. The van der Waals surface area contributed by atoms with E-state index in [1.165, 1.54) is 0 Å². The van der Waals surface area contributed by atoms with Crippen LogP contribution in [0.1, 0.15) is 6.42 Å². The molecule has 0 saturated carbocycles. The van der Waals surface area contributed by atoms with Crippen LogP contribution in [-0.4, -0.2) is 77.8 Å². The van der Waals surface area contributed by atoms with Gasteiger partial charge in [0.1, 0.15) is 6.54 Å². The summed E-state index contributed by atoms with van der Waals surface area (Å²) in [5.41, 5.74) is 4.68. The van der Waals surface area contributed by atoms with Crippen LogP contribution in [0.5, 0.6) is 0 Å². The van der Waals surface area contributed by atoms with Gasteiger partial charge in [0.05, 0.1) is 25.1 Å². The Hall–Kier alpha value is -3.89. The first-order chi connectivity index (χ1) is 17.1.